The van der Waals surface area contributed by atoms with Crippen molar-refractivity contribution in [2.45, 2.75) is 25.9 Å². The van der Waals surface area contributed by atoms with E-state index in [4.69, 9.17) is 15.9 Å². The summed E-state index contributed by atoms with van der Waals surface area (Å²) in [6, 6.07) is 7.73. The minimum Gasteiger partial charge on any atom is -0.494 e. The van der Waals surface area contributed by atoms with Gasteiger partial charge in [-0.25, -0.2) is 0 Å². The van der Waals surface area contributed by atoms with Crippen LogP contribution < -0.4 is 9.47 Å². The van der Waals surface area contributed by atoms with E-state index in [1.807, 2.05) is 31.2 Å². The average Bonchev–Trinajstić information content (AvgIpc) is 2.25. The smallest absolute Gasteiger partial charge is 0.119 e. The SMILES string of the molecule is C#CC1CC(Oc2ccc(OCC)cc2)C1. The highest BCUT2D eigenvalue weighted by molar-refractivity contribution is 5.31. The zero-order valence-electron chi connectivity index (χ0n) is 9.48. The van der Waals surface area contributed by atoms with E-state index in [-0.39, 0.29) is 0 Å². The Bertz CT molecular complexity index is 369. The molecular weight excluding hydrogens is 200 g/mol. The molecule has 2 nitrogen and oxygen atoms in total. The van der Waals surface area contributed by atoms with Crippen LogP contribution in [-0.4, -0.2) is 12.7 Å². The fraction of sp³-hybridized carbons (Fsp3) is 0.429. The number of benzene rings is 1. The molecule has 1 aromatic carbocycles. The van der Waals surface area contributed by atoms with Crippen LogP contribution in [0.1, 0.15) is 19.8 Å². The molecule has 0 spiro atoms. The lowest BCUT2D eigenvalue weighted by Gasteiger charge is -2.32. The summed E-state index contributed by atoms with van der Waals surface area (Å²) in [5, 5.41) is 0. The quantitative estimate of drug-likeness (QED) is 0.720. The Hall–Kier alpha value is -1.62. The molecule has 0 heterocycles. The molecule has 0 radical (unpaired) electrons. The maximum Gasteiger partial charge on any atom is 0.119 e. The van der Waals surface area contributed by atoms with E-state index in [1.165, 1.54) is 0 Å². The van der Waals surface area contributed by atoms with Gasteiger partial charge in [-0.05, 0) is 44.0 Å². The van der Waals surface area contributed by atoms with E-state index in [0.717, 1.165) is 24.3 Å². The van der Waals surface area contributed by atoms with Gasteiger partial charge in [-0.2, -0.15) is 0 Å². The van der Waals surface area contributed by atoms with E-state index in [9.17, 15) is 0 Å². The van der Waals surface area contributed by atoms with Crippen molar-refractivity contribution in [1.82, 2.24) is 0 Å². The normalized spacial score (nSPS) is 23.0. The first-order chi connectivity index (χ1) is 7.81. The lowest BCUT2D eigenvalue weighted by molar-refractivity contribution is 0.0902. The second-order valence-electron chi connectivity index (χ2n) is 3.98. The molecule has 1 aromatic rings. The highest BCUT2D eigenvalue weighted by Crippen LogP contribution is 2.31. The molecule has 2 heteroatoms. The number of ether oxygens (including phenoxy) is 2. The summed E-state index contributed by atoms with van der Waals surface area (Å²) in [6.45, 7) is 2.66. The van der Waals surface area contributed by atoms with Gasteiger partial charge in [0.15, 0.2) is 0 Å². The van der Waals surface area contributed by atoms with Crippen LogP contribution in [0.5, 0.6) is 11.5 Å². The van der Waals surface area contributed by atoms with E-state index in [0.29, 0.717) is 18.6 Å². The first kappa shape index (κ1) is 10.9. The standard InChI is InChI=1S/C14H16O2/c1-3-11-9-14(10-11)16-13-7-5-12(6-8-13)15-4-2/h1,5-8,11,14H,4,9-10H2,2H3. The summed E-state index contributed by atoms with van der Waals surface area (Å²) in [4.78, 5) is 0. The van der Waals surface area contributed by atoms with Crippen LogP contribution in [0.2, 0.25) is 0 Å². The molecule has 0 bridgehead atoms. The van der Waals surface area contributed by atoms with Crippen molar-refractivity contribution < 1.29 is 9.47 Å². The van der Waals surface area contributed by atoms with Gasteiger partial charge in [0.05, 0.1) is 6.61 Å². The molecule has 1 fully saturated rings. The molecule has 0 atom stereocenters. The fourth-order valence-corrected chi connectivity index (χ4v) is 1.77. The lowest BCUT2D eigenvalue weighted by Crippen LogP contribution is -2.32. The number of hydrogen-bond donors (Lipinski definition) is 0. The van der Waals surface area contributed by atoms with Gasteiger partial charge in [-0.3, -0.25) is 0 Å². The van der Waals surface area contributed by atoms with E-state index in [1.54, 1.807) is 0 Å². The van der Waals surface area contributed by atoms with E-state index >= 15 is 0 Å². The van der Waals surface area contributed by atoms with Crippen molar-refractivity contribution in [1.29, 1.82) is 0 Å². The summed E-state index contributed by atoms with van der Waals surface area (Å²) in [7, 11) is 0. The molecule has 16 heavy (non-hydrogen) atoms. The molecule has 0 aliphatic heterocycles. The molecule has 0 saturated heterocycles. The molecular formula is C14H16O2. The van der Waals surface area contributed by atoms with E-state index < -0.39 is 0 Å². The molecule has 0 amide bonds. The van der Waals surface area contributed by atoms with Crippen molar-refractivity contribution in [2.75, 3.05) is 6.61 Å². The topological polar surface area (TPSA) is 18.5 Å². The highest BCUT2D eigenvalue weighted by atomic mass is 16.5. The van der Waals surface area contributed by atoms with Crippen molar-refractivity contribution in [2.24, 2.45) is 5.92 Å². The van der Waals surface area contributed by atoms with Gasteiger partial charge in [-0.1, -0.05) is 0 Å². The molecule has 0 aromatic heterocycles. The molecule has 0 unspecified atom stereocenters. The number of hydrogen-bond acceptors (Lipinski definition) is 2. The predicted molar refractivity (Wildman–Crippen MR) is 63.6 cm³/mol. The molecule has 1 aliphatic carbocycles. The van der Waals surface area contributed by atoms with Crippen molar-refractivity contribution in [3.63, 3.8) is 0 Å². The first-order valence-electron chi connectivity index (χ1n) is 5.67. The summed E-state index contributed by atoms with van der Waals surface area (Å²) in [5.41, 5.74) is 0. The molecule has 0 N–H and O–H groups in total. The fourth-order valence-electron chi connectivity index (χ4n) is 1.77. The van der Waals surface area contributed by atoms with Crippen LogP contribution in [0, 0.1) is 18.3 Å². The zero-order chi connectivity index (χ0) is 11.4. The second kappa shape index (κ2) is 4.94. The largest absolute Gasteiger partial charge is 0.494 e. The third-order valence-corrected chi connectivity index (χ3v) is 2.77. The third kappa shape index (κ3) is 2.49. The summed E-state index contributed by atoms with van der Waals surface area (Å²) in [5.74, 6) is 4.93. The van der Waals surface area contributed by atoms with Gasteiger partial charge in [-0.15, -0.1) is 12.3 Å². The highest BCUT2D eigenvalue weighted by Gasteiger charge is 2.29. The monoisotopic (exact) mass is 216 g/mol. The minimum atomic E-state index is 0.291. The second-order valence-corrected chi connectivity index (χ2v) is 3.98. The summed E-state index contributed by atoms with van der Waals surface area (Å²) >= 11 is 0. The zero-order valence-corrected chi connectivity index (χ0v) is 9.48. The van der Waals surface area contributed by atoms with Crippen LogP contribution in [-0.2, 0) is 0 Å². The van der Waals surface area contributed by atoms with Crippen molar-refractivity contribution in [3.8, 4) is 23.8 Å². The maximum absolute atomic E-state index is 5.76. The Balaban J connectivity index is 1.84. The number of rotatable bonds is 4. The van der Waals surface area contributed by atoms with Crippen molar-refractivity contribution >= 4 is 0 Å². The first-order valence-corrected chi connectivity index (χ1v) is 5.67. The predicted octanol–water partition coefficient (Wildman–Crippen LogP) is 2.88. The lowest BCUT2D eigenvalue weighted by atomic mass is 9.83. The Morgan fingerprint density at radius 3 is 2.44 bits per heavy atom. The van der Waals surface area contributed by atoms with Gasteiger partial charge in [0.1, 0.15) is 17.6 Å². The summed E-state index contributed by atoms with van der Waals surface area (Å²) in [6.07, 6.45) is 7.56. The van der Waals surface area contributed by atoms with Gasteiger partial charge in [0, 0.05) is 5.92 Å². The average molecular weight is 216 g/mol. The third-order valence-electron chi connectivity index (χ3n) is 2.77. The Labute approximate surface area is 96.6 Å². The van der Waals surface area contributed by atoms with E-state index in [2.05, 4.69) is 5.92 Å². The Kier molecular flexibility index (Phi) is 3.36. The van der Waals surface area contributed by atoms with Crippen LogP contribution in [0.25, 0.3) is 0 Å². The molecule has 1 saturated carbocycles. The minimum absolute atomic E-state index is 0.291. The van der Waals surface area contributed by atoms with Gasteiger partial charge < -0.3 is 9.47 Å². The maximum atomic E-state index is 5.76. The van der Waals surface area contributed by atoms with Gasteiger partial charge in [0.25, 0.3) is 0 Å². The number of terminal acetylenes is 1. The summed E-state index contributed by atoms with van der Waals surface area (Å²) < 4.78 is 11.1. The van der Waals surface area contributed by atoms with Gasteiger partial charge in [0.2, 0.25) is 0 Å². The molecule has 1 aliphatic rings. The van der Waals surface area contributed by atoms with Crippen LogP contribution in [0.4, 0.5) is 0 Å². The van der Waals surface area contributed by atoms with Crippen LogP contribution in [0.3, 0.4) is 0 Å². The molecule has 2 rings (SSSR count). The van der Waals surface area contributed by atoms with Gasteiger partial charge >= 0.3 is 0 Å². The van der Waals surface area contributed by atoms with Crippen molar-refractivity contribution in [3.05, 3.63) is 24.3 Å². The van der Waals surface area contributed by atoms with Crippen LogP contribution >= 0.6 is 0 Å². The Morgan fingerprint density at radius 1 is 1.25 bits per heavy atom. The van der Waals surface area contributed by atoms with Crippen LogP contribution in [0.15, 0.2) is 24.3 Å². The molecule has 84 valence electrons. The Morgan fingerprint density at radius 2 is 1.88 bits per heavy atom.